The molecule has 1 atom stereocenters. The molecule has 0 fully saturated rings. The van der Waals surface area contributed by atoms with Crippen LogP contribution in [0.25, 0.3) is 0 Å². The van der Waals surface area contributed by atoms with E-state index in [0.29, 0.717) is 11.8 Å². The Balaban J connectivity index is 2.43. The van der Waals surface area contributed by atoms with E-state index in [1.165, 1.54) is 5.56 Å². The van der Waals surface area contributed by atoms with Crippen LogP contribution in [0.5, 0.6) is 0 Å². The van der Waals surface area contributed by atoms with Crippen LogP contribution in [0, 0.1) is 5.92 Å². The number of anilines is 1. The van der Waals surface area contributed by atoms with Gasteiger partial charge in [0.25, 0.3) is 0 Å². The van der Waals surface area contributed by atoms with Crippen LogP contribution in [0.15, 0.2) is 18.2 Å². The lowest BCUT2D eigenvalue weighted by atomic mass is 9.90. The van der Waals surface area contributed by atoms with Gasteiger partial charge in [0.05, 0.1) is 10.7 Å². The van der Waals surface area contributed by atoms with Crippen molar-refractivity contribution in [2.24, 2.45) is 5.92 Å². The van der Waals surface area contributed by atoms with Crippen LogP contribution in [0.4, 0.5) is 5.69 Å². The summed E-state index contributed by atoms with van der Waals surface area (Å²) >= 11 is 6.08. The maximum atomic E-state index is 6.08. The van der Waals surface area contributed by atoms with Gasteiger partial charge >= 0.3 is 0 Å². The molecule has 1 nitrogen and oxygen atoms in total. The molecule has 1 aliphatic heterocycles. The first-order valence-electron chi connectivity index (χ1n) is 4.72. The van der Waals surface area contributed by atoms with Crippen LogP contribution in [0.1, 0.15) is 25.3 Å². The molecule has 70 valence electrons. The fraction of sp³-hybridized carbons (Fsp3) is 0.455. The monoisotopic (exact) mass is 195 g/mol. The molecule has 1 aromatic carbocycles. The quantitative estimate of drug-likeness (QED) is 0.723. The summed E-state index contributed by atoms with van der Waals surface area (Å²) in [5, 5.41) is 4.22. The maximum Gasteiger partial charge on any atom is 0.0640 e. The van der Waals surface area contributed by atoms with E-state index in [9.17, 15) is 0 Å². The topological polar surface area (TPSA) is 12.0 Å². The molecule has 0 unspecified atom stereocenters. The van der Waals surface area contributed by atoms with Crippen LogP contribution in [-0.2, 0) is 0 Å². The number of halogens is 1. The van der Waals surface area contributed by atoms with Crippen molar-refractivity contribution in [2.45, 2.75) is 19.8 Å². The van der Waals surface area contributed by atoms with Gasteiger partial charge in [0.1, 0.15) is 0 Å². The Bertz CT molecular complexity index is 320. The summed E-state index contributed by atoms with van der Waals surface area (Å²) in [4.78, 5) is 0. The van der Waals surface area contributed by atoms with Crippen LogP contribution in [0.3, 0.4) is 0 Å². The van der Waals surface area contributed by atoms with E-state index >= 15 is 0 Å². The first kappa shape index (κ1) is 8.89. The van der Waals surface area contributed by atoms with Gasteiger partial charge < -0.3 is 5.32 Å². The number of para-hydroxylation sites is 1. The van der Waals surface area contributed by atoms with Gasteiger partial charge in [-0.25, -0.2) is 0 Å². The van der Waals surface area contributed by atoms with Gasteiger partial charge in [-0.15, -0.1) is 0 Å². The number of hydrogen-bond acceptors (Lipinski definition) is 1. The molecule has 0 bridgehead atoms. The zero-order valence-corrected chi connectivity index (χ0v) is 8.73. The lowest BCUT2D eigenvalue weighted by molar-refractivity contribution is 0.533. The molecule has 0 aliphatic carbocycles. The molecule has 1 aromatic rings. The fourth-order valence-electron chi connectivity index (χ4n) is 1.95. The van der Waals surface area contributed by atoms with Gasteiger partial charge in [-0.3, -0.25) is 0 Å². The van der Waals surface area contributed by atoms with Gasteiger partial charge in [-0.2, -0.15) is 0 Å². The second-order valence-corrected chi connectivity index (χ2v) is 4.34. The Kier molecular flexibility index (Phi) is 2.20. The first-order chi connectivity index (χ1) is 6.20. The second kappa shape index (κ2) is 3.22. The van der Waals surface area contributed by atoms with E-state index in [1.54, 1.807) is 0 Å². The van der Waals surface area contributed by atoms with E-state index in [1.807, 2.05) is 12.1 Å². The SMILES string of the molecule is CC(C)[C@@H]1CNc2c(Cl)cccc21. The Morgan fingerprint density at radius 3 is 2.92 bits per heavy atom. The zero-order chi connectivity index (χ0) is 9.42. The van der Waals surface area contributed by atoms with E-state index in [4.69, 9.17) is 11.6 Å². The van der Waals surface area contributed by atoms with Crippen molar-refractivity contribution in [3.8, 4) is 0 Å². The van der Waals surface area contributed by atoms with Crippen LogP contribution in [-0.4, -0.2) is 6.54 Å². The minimum atomic E-state index is 0.619. The third-order valence-electron chi connectivity index (χ3n) is 2.75. The predicted molar refractivity (Wildman–Crippen MR) is 57.5 cm³/mol. The molecule has 1 N–H and O–H groups in total. The molecule has 0 saturated heterocycles. The lowest BCUT2D eigenvalue weighted by Crippen LogP contribution is -2.08. The third kappa shape index (κ3) is 1.42. The summed E-state index contributed by atoms with van der Waals surface area (Å²) in [5.74, 6) is 1.29. The summed E-state index contributed by atoms with van der Waals surface area (Å²) in [6.45, 7) is 5.53. The minimum Gasteiger partial charge on any atom is -0.383 e. The Labute approximate surface area is 84.1 Å². The van der Waals surface area contributed by atoms with E-state index in [-0.39, 0.29) is 0 Å². The van der Waals surface area contributed by atoms with Crippen LogP contribution in [0.2, 0.25) is 5.02 Å². The smallest absolute Gasteiger partial charge is 0.0640 e. The Hall–Kier alpha value is -0.690. The Morgan fingerprint density at radius 1 is 1.46 bits per heavy atom. The summed E-state index contributed by atoms with van der Waals surface area (Å²) in [6.07, 6.45) is 0. The summed E-state index contributed by atoms with van der Waals surface area (Å²) in [5.41, 5.74) is 2.52. The van der Waals surface area contributed by atoms with Crippen molar-refractivity contribution < 1.29 is 0 Å². The maximum absolute atomic E-state index is 6.08. The highest BCUT2D eigenvalue weighted by Crippen LogP contribution is 2.39. The van der Waals surface area contributed by atoms with Crippen LogP contribution >= 0.6 is 11.6 Å². The molecular formula is C11H14ClN. The van der Waals surface area contributed by atoms with Crippen molar-refractivity contribution in [3.05, 3.63) is 28.8 Å². The molecule has 0 amide bonds. The lowest BCUT2D eigenvalue weighted by Gasteiger charge is -2.13. The summed E-state index contributed by atoms with van der Waals surface area (Å²) in [6, 6.07) is 6.14. The molecule has 0 radical (unpaired) electrons. The fourth-order valence-corrected chi connectivity index (χ4v) is 2.20. The van der Waals surface area contributed by atoms with Crippen LogP contribution < -0.4 is 5.32 Å². The molecule has 2 heteroatoms. The Morgan fingerprint density at radius 2 is 2.23 bits per heavy atom. The highest BCUT2D eigenvalue weighted by atomic mass is 35.5. The summed E-state index contributed by atoms with van der Waals surface area (Å²) < 4.78 is 0. The van der Waals surface area contributed by atoms with E-state index in [2.05, 4.69) is 25.2 Å². The van der Waals surface area contributed by atoms with Crippen molar-refractivity contribution >= 4 is 17.3 Å². The first-order valence-corrected chi connectivity index (χ1v) is 5.10. The average Bonchev–Trinajstić information content (AvgIpc) is 2.48. The number of fused-ring (bicyclic) bond motifs is 1. The second-order valence-electron chi connectivity index (χ2n) is 3.94. The number of rotatable bonds is 1. The molecule has 13 heavy (non-hydrogen) atoms. The van der Waals surface area contributed by atoms with E-state index < -0.39 is 0 Å². The third-order valence-corrected chi connectivity index (χ3v) is 3.06. The largest absolute Gasteiger partial charge is 0.383 e. The normalized spacial score (nSPS) is 20.2. The van der Waals surface area contributed by atoms with Gasteiger partial charge in [-0.05, 0) is 17.5 Å². The van der Waals surface area contributed by atoms with Crippen molar-refractivity contribution in [1.82, 2.24) is 0 Å². The van der Waals surface area contributed by atoms with Gasteiger partial charge in [0.2, 0.25) is 0 Å². The van der Waals surface area contributed by atoms with Crippen molar-refractivity contribution in [3.63, 3.8) is 0 Å². The van der Waals surface area contributed by atoms with Gasteiger partial charge in [-0.1, -0.05) is 37.6 Å². The molecular weight excluding hydrogens is 182 g/mol. The molecule has 0 aromatic heterocycles. The molecule has 2 rings (SSSR count). The van der Waals surface area contributed by atoms with Crippen molar-refractivity contribution in [1.29, 1.82) is 0 Å². The van der Waals surface area contributed by atoms with Crippen molar-refractivity contribution in [2.75, 3.05) is 11.9 Å². The molecule has 1 aliphatic rings. The zero-order valence-electron chi connectivity index (χ0n) is 7.97. The van der Waals surface area contributed by atoms with E-state index in [0.717, 1.165) is 17.3 Å². The van der Waals surface area contributed by atoms with Gasteiger partial charge in [0, 0.05) is 12.5 Å². The number of hydrogen-bond donors (Lipinski definition) is 1. The highest BCUT2D eigenvalue weighted by molar-refractivity contribution is 6.33. The highest BCUT2D eigenvalue weighted by Gasteiger charge is 2.25. The summed E-state index contributed by atoms with van der Waals surface area (Å²) in [7, 11) is 0. The molecule has 0 spiro atoms. The standard InChI is InChI=1S/C11H14ClN/c1-7(2)9-6-13-11-8(9)4-3-5-10(11)12/h3-5,7,9,13H,6H2,1-2H3/t9-/m0/s1. The molecule has 1 heterocycles. The number of benzene rings is 1. The van der Waals surface area contributed by atoms with Gasteiger partial charge in [0.15, 0.2) is 0 Å². The number of nitrogens with one attached hydrogen (secondary N) is 1. The predicted octanol–water partition coefficient (Wildman–Crippen LogP) is 3.51. The molecule has 0 saturated carbocycles. The average molecular weight is 196 g/mol. The minimum absolute atomic E-state index is 0.619.